The van der Waals surface area contributed by atoms with E-state index in [-0.39, 0.29) is 11.9 Å². The lowest BCUT2D eigenvalue weighted by Crippen LogP contribution is -2.39. The Morgan fingerprint density at radius 3 is 2.79 bits per heavy atom. The maximum atomic E-state index is 12.5. The van der Waals surface area contributed by atoms with Crippen molar-refractivity contribution >= 4 is 11.6 Å². The number of hydrogen-bond acceptors (Lipinski definition) is 4. The number of nitrogen functional groups attached to an aromatic ring is 1. The number of carbonyl (C=O) groups excluding carboxylic acids is 1. The molecule has 1 saturated heterocycles. The van der Waals surface area contributed by atoms with Gasteiger partial charge in [0.1, 0.15) is 0 Å². The van der Waals surface area contributed by atoms with Crippen LogP contribution in [0.3, 0.4) is 0 Å². The molecule has 2 heterocycles. The van der Waals surface area contributed by atoms with Gasteiger partial charge in [0.2, 0.25) is 5.91 Å². The summed E-state index contributed by atoms with van der Waals surface area (Å²) in [5.74, 6) is 0.110. The highest BCUT2D eigenvalue weighted by Gasteiger charge is 2.28. The zero-order valence-electron chi connectivity index (χ0n) is 14.1. The first-order valence-electron chi connectivity index (χ1n) is 8.34. The Morgan fingerprint density at radius 1 is 1.29 bits per heavy atom. The van der Waals surface area contributed by atoms with E-state index in [0.29, 0.717) is 12.1 Å². The highest BCUT2D eigenvalue weighted by atomic mass is 16.2. The molecule has 1 fully saturated rings. The molecule has 0 spiro atoms. The molecule has 2 N–H and O–H groups in total. The first-order chi connectivity index (χ1) is 11.6. The molecule has 0 bridgehead atoms. The van der Waals surface area contributed by atoms with E-state index in [9.17, 15) is 4.79 Å². The number of nitrogens with zero attached hydrogens (tertiary/aromatic N) is 3. The monoisotopic (exact) mass is 324 g/mol. The maximum absolute atomic E-state index is 12.5. The molecule has 1 unspecified atom stereocenters. The Labute approximate surface area is 143 Å². The lowest BCUT2D eigenvalue weighted by molar-refractivity contribution is -0.131. The van der Waals surface area contributed by atoms with Gasteiger partial charge in [0.15, 0.2) is 0 Å². The molecule has 5 nitrogen and oxygen atoms in total. The lowest BCUT2D eigenvalue weighted by Gasteiger charge is -2.25. The molecule has 1 aliphatic heterocycles. The zero-order valence-corrected chi connectivity index (χ0v) is 14.1. The number of rotatable bonds is 5. The minimum absolute atomic E-state index is 0.110. The van der Waals surface area contributed by atoms with Crippen LogP contribution < -0.4 is 5.73 Å². The Bertz CT molecular complexity index is 672. The van der Waals surface area contributed by atoms with Crippen molar-refractivity contribution in [1.82, 2.24) is 14.8 Å². The molecular weight excluding hydrogens is 300 g/mol. The van der Waals surface area contributed by atoms with E-state index in [0.717, 1.165) is 31.7 Å². The van der Waals surface area contributed by atoms with Crippen molar-refractivity contribution in [2.75, 3.05) is 25.9 Å². The summed E-state index contributed by atoms with van der Waals surface area (Å²) in [6.07, 6.45) is 2.94. The van der Waals surface area contributed by atoms with Crippen molar-refractivity contribution in [3.05, 3.63) is 59.9 Å². The Balaban J connectivity index is 1.52. The molecule has 1 atom stereocenters. The third-order valence-corrected chi connectivity index (χ3v) is 4.62. The minimum atomic E-state index is 0.110. The summed E-state index contributed by atoms with van der Waals surface area (Å²) in [7, 11) is 1.90. The Morgan fingerprint density at radius 2 is 2.08 bits per heavy atom. The second kappa shape index (κ2) is 7.45. The number of likely N-dealkylation sites (tertiary alicyclic amines) is 1. The number of likely N-dealkylation sites (N-methyl/N-ethyl adjacent to an activating group) is 1. The lowest BCUT2D eigenvalue weighted by atomic mass is 10.2. The van der Waals surface area contributed by atoms with E-state index in [1.54, 1.807) is 12.3 Å². The molecule has 1 aromatic carbocycles. The topological polar surface area (TPSA) is 62.5 Å². The summed E-state index contributed by atoms with van der Waals surface area (Å²) in [5, 5.41) is 0. The van der Waals surface area contributed by atoms with Gasteiger partial charge in [-0.1, -0.05) is 30.3 Å². The van der Waals surface area contributed by atoms with Crippen LogP contribution in [0.15, 0.2) is 48.7 Å². The highest BCUT2D eigenvalue weighted by Crippen LogP contribution is 2.18. The summed E-state index contributed by atoms with van der Waals surface area (Å²) >= 11 is 0. The largest absolute Gasteiger partial charge is 0.397 e. The summed E-state index contributed by atoms with van der Waals surface area (Å²) in [5.41, 5.74) is 8.33. The number of aromatic nitrogens is 1. The van der Waals surface area contributed by atoms with Crippen molar-refractivity contribution in [2.45, 2.75) is 25.4 Å². The molecule has 1 amide bonds. The van der Waals surface area contributed by atoms with E-state index in [4.69, 9.17) is 5.73 Å². The SMILES string of the molecule is CN(C(=O)Cc1ccc(N)cn1)C1CCN(Cc2ccccc2)C1. The molecule has 0 saturated carbocycles. The zero-order chi connectivity index (χ0) is 16.9. The molecule has 1 aliphatic rings. The number of carbonyl (C=O) groups is 1. The molecule has 2 aromatic rings. The quantitative estimate of drug-likeness (QED) is 0.913. The van der Waals surface area contributed by atoms with Gasteiger partial charge >= 0.3 is 0 Å². The average molecular weight is 324 g/mol. The summed E-state index contributed by atoms with van der Waals surface area (Å²) in [4.78, 5) is 21.0. The molecule has 1 aromatic heterocycles. The fourth-order valence-electron chi connectivity index (χ4n) is 3.14. The Hall–Kier alpha value is -2.40. The van der Waals surface area contributed by atoms with E-state index in [1.807, 2.05) is 24.1 Å². The normalized spacial score (nSPS) is 17.8. The third-order valence-electron chi connectivity index (χ3n) is 4.62. The van der Waals surface area contributed by atoms with Crippen molar-refractivity contribution in [1.29, 1.82) is 0 Å². The Kier molecular flexibility index (Phi) is 5.11. The predicted octanol–water partition coefficient (Wildman–Crippen LogP) is 1.94. The summed E-state index contributed by atoms with van der Waals surface area (Å²) in [6.45, 7) is 2.89. The summed E-state index contributed by atoms with van der Waals surface area (Å²) < 4.78 is 0. The molecule has 0 radical (unpaired) electrons. The number of pyridine rings is 1. The van der Waals surface area contributed by atoms with Crippen LogP contribution in [0.2, 0.25) is 0 Å². The van der Waals surface area contributed by atoms with Crippen LogP contribution >= 0.6 is 0 Å². The molecular formula is C19H24N4O. The predicted molar refractivity (Wildman–Crippen MR) is 95.2 cm³/mol. The first-order valence-corrected chi connectivity index (χ1v) is 8.34. The fourth-order valence-corrected chi connectivity index (χ4v) is 3.14. The first kappa shape index (κ1) is 16.5. The molecule has 24 heavy (non-hydrogen) atoms. The van der Waals surface area contributed by atoms with Gasteiger partial charge in [0.25, 0.3) is 0 Å². The van der Waals surface area contributed by atoms with E-state index < -0.39 is 0 Å². The van der Waals surface area contributed by atoms with Crippen LogP contribution in [0, 0.1) is 0 Å². The second-order valence-corrected chi connectivity index (χ2v) is 6.43. The van der Waals surface area contributed by atoms with Gasteiger partial charge in [0, 0.05) is 38.4 Å². The number of benzene rings is 1. The number of anilines is 1. The van der Waals surface area contributed by atoms with Gasteiger partial charge in [-0.3, -0.25) is 14.7 Å². The van der Waals surface area contributed by atoms with Gasteiger partial charge in [-0.2, -0.15) is 0 Å². The third kappa shape index (κ3) is 4.11. The molecule has 5 heteroatoms. The fraction of sp³-hybridized carbons (Fsp3) is 0.368. The standard InChI is InChI=1S/C19H24N4O/c1-22(19(24)11-17-8-7-16(20)12-21-17)18-9-10-23(14-18)13-15-5-3-2-4-6-15/h2-8,12,18H,9-11,13-14,20H2,1H3. The highest BCUT2D eigenvalue weighted by molar-refractivity contribution is 5.78. The number of hydrogen-bond donors (Lipinski definition) is 1. The number of nitrogens with two attached hydrogens (primary N) is 1. The van der Waals surface area contributed by atoms with Gasteiger partial charge in [-0.25, -0.2) is 0 Å². The van der Waals surface area contributed by atoms with Gasteiger partial charge < -0.3 is 10.6 Å². The number of amides is 1. The van der Waals surface area contributed by atoms with Gasteiger partial charge in [-0.15, -0.1) is 0 Å². The van der Waals surface area contributed by atoms with Crippen LogP contribution in [0.25, 0.3) is 0 Å². The van der Waals surface area contributed by atoms with Gasteiger partial charge in [0.05, 0.1) is 18.3 Å². The van der Waals surface area contributed by atoms with Crippen molar-refractivity contribution in [3.63, 3.8) is 0 Å². The van der Waals surface area contributed by atoms with Crippen molar-refractivity contribution < 1.29 is 4.79 Å². The van der Waals surface area contributed by atoms with E-state index in [2.05, 4.69) is 34.1 Å². The molecule has 0 aliphatic carbocycles. The van der Waals surface area contributed by atoms with E-state index >= 15 is 0 Å². The van der Waals surface area contributed by atoms with Crippen LogP contribution in [-0.2, 0) is 17.8 Å². The van der Waals surface area contributed by atoms with E-state index in [1.165, 1.54) is 5.56 Å². The van der Waals surface area contributed by atoms with Crippen LogP contribution in [-0.4, -0.2) is 46.9 Å². The maximum Gasteiger partial charge on any atom is 0.228 e. The smallest absolute Gasteiger partial charge is 0.228 e. The van der Waals surface area contributed by atoms with Crippen LogP contribution in [0.5, 0.6) is 0 Å². The van der Waals surface area contributed by atoms with Crippen LogP contribution in [0.4, 0.5) is 5.69 Å². The molecule has 126 valence electrons. The second-order valence-electron chi connectivity index (χ2n) is 6.43. The van der Waals surface area contributed by atoms with Crippen LogP contribution in [0.1, 0.15) is 17.7 Å². The minimum Gasteiger partial charge on any atom is -0.397 e. The van der Waals surface area contributed by atoms with Crippen molar-refractivity contribution in [2.24, 2.45) is 0 Å². The average Bonchev–Trinajstić information content (AvgIpc) is 3.05. The van der Waals surface area contributed by atoms with Gasteiger partial charge in [-0.05, 0) is 24.1 Å². The molecule has 3 rings (SSSR count). The van der Waals surface area contributed by atoms with Crippen molar-refractivity contribution in [3.8, 4) is 0 Å². The summed E-state index contributed by atoms with van der Waals surface area (Å²) in [6, 6.07) is 14.3.